The van der Waals surface area contributed by atoms with Gasteiger partial charge in [-0.1, -0.05) is 36.4 Å². The maximum Gasteiger partial charge on any atom is 0.195 e. The van der Waals surface area contributed by atoms with Crippen molar-refractivity contribution in [3.8, 4) is 11.3 Å². The molecule has 1 aliphatic rings. The fourth-order valence-electron chi connectivity index (χ4n) is 4.22. The molecule has 7 nitrogen and oxygen atoms in total. The number of nitrogens with zero attached hydrogens (tertiary/aromatic N) is 4. The molecule has 0 spiro atoms. The number of aliphatic hydroxyl groups is 1. The largest absolute Gasteiger partial charge is 0.390 e. The van der Waals surface area contributed by atoms with Crippen LogP contribution in [0.3, 0.4) is 0 Å². The number of nitrogens with two attached hydrogens (primary N) is 1. The number of nitrogen functional groups attached to an aromatic ring is 1. The van der Waals surface area contributed by atoms with Gasteiger partial charge >= 0.3 is 0 Å². The van der Waals surface area contributed by atoms with E-state index in [1.54, 1.807) is 47.8 Å². The van der Waals surface area contributed by atoms with Crippen LogP contribution in [0.1, 0.15) is 47.4 Å². The van der Waals surface area contributed by atoms with Gasteiger partial charge in [-0.2, -0.15) is 5.10 Å². The van der Waals surface area contributed by atoms with Crippen LogP contribution in [0.5, 0.6) is 0 Å². The molecule has 1 saturated carbocycles. The number of anilines is 1. The van der Waals surface area contributed by atoms with E-state index in [4.69, 9.17) is 10.7 Å². The van der Waals surface area contributed by atoms with E-state index >= 15 is 0 Å². The van der Waals surface area contributed by atoms with Crippen molar-refractivity contribution in [2.24, 2.45) is 0 Å². The second-order valence-corrected chi connectivity index (χ2v) is 8.22. The Bertz CT molecular complexity index is 1310. The highest BCUT2D eigenvalue weighted by atomic mass is 19.1. The minimum absolute atomic E-state index is 0.00864. The Balaban J connectivity index is 1.58. The molecule has 0 radical (unpaired) electrons. The molecule has 156 valence electrons. The number of fused-ring (bicyclic) bond motifs is 1. The number of hydrogen-bond acceptors (Lipinski definition) is 6. The summed E-state index contributed by atoms with van der Waals surface area (Å²) in [5, 5.41) is 14.4. The lowest BCUT2D eigenvalue weighted by Crippen LogP contribution is -2.40. The first kappa shape index (κ1) is 19.3. The van der Waals surface area contributed by atoms with Gasteiger partial charge in [0.2, 0.25) is 0 Å². The molecule has 0 saturated heterocycles. The number of aromatic nitrogens is 4. The molecule has 5 rings (SSSR count). The lowest BCUT2D eigenvalue weighted by atomic mass is 9.72. The third kappa shape index (κ3) is 3.25. The summed E-state index contributed by atoms with van der Waals surface area (Å²) in [7, 11) is 0. The molecule has 0 bridgehead atoms. The normalized spacial score (nSPS) is 20.5. The van der Waals surface area contributed by atoms with E-state index in [0.717, 1.165) is 0 Å². The Labute approximate surface area is 177 Å². The minimum Gasteiger partial charge on any atom is -0.390 e. The van der Waals surface area contributed by atoms with E-state index in [1.165, 1.54) is 18.5 Å². The molecule has 0 amide bonds. The Kier molecular flexibility index (Phi) is 4.33. The van der Waals surface area contributed by atoms with Crippen molar-refractivity contribution in [2.75, 3.05) is 5.73 Å². The summed E-state index contributed by atoms with van der Waals surface area (Å²) in [4.78, 5) is 21.4. The van der Waals surface area contributed by atoms with Crippen LogP contribution in [0, 0.1) is 5.82 Å². The number of carbonyl (C=O) groups is 1. The van der Waals surface area contributed by atoms with Gasteiger partial charge in [-0.25, -0.2) is 18.9 Å². The van der Waals surface area contributed by atoms with Crippen molar-refractivity contribution in [2.45, 2.75) is 31.3 Å². The van der Waals surface area contributed by atoms with E-state index in [9.17, 15) is 14.3 Å². The molecule has 0 atom stereocenters. The van der Waals surface area contributed by atoms with E-state index in [0.29, 0.717) is 41.0 Å². The highest BCUT2D eigenvalue weighted by Gasteiger charge is 2.42. The summed E-state index contributed by atoms with van der Waals surface area (Å²) in [6.45, 7) is 1.78. The molecule has 4 aromatic rings. The first-order chi connectivity index (χ1) is 14.8. The predicted molar refractivity (Wildman–Crippen MR) is 113 cm³/mol. The summed E-state index contributed by atoms with van der Waals surface area (Å²) in [6.07, 6.45) is 2.44. The van der Waals surface area contributed by atoms with Gasteiger partial charge in [-0.15, -0.1) is 0 Å². The molecule has 0 unspecified atom stereocenters. The van der Waals surface area contributed by atoms with E-state index in [1.807, 2.05) is 0 Å². The Morgan fingerprint density at radius 2 is 1.97 bits per heavy atom. The SMILES string of the molecule is C[C@]1(O)C[C@H](c2nc(-c3ccc(C(=O)c4ccccc4)c(F)c3)c3c(N)ncnn32)C1. The number of benzene rings is 2. The summed E-state index contributed by atoms with van der Waals surface area (Å²) >= 11 is 0. The molecule has 8 heteroatoms. The quantitative estimate of drug-likeness (QED) is 0.493. The zero-order valence-electron chi connectivity index (χ0n) is 16.8. The Morgan fingerprint density at radius 1 is 1.23 bits per heavy atom. The molecular formula is C23H20FN5O2. The molecular weight excluding hydrogens is 397 g/mol. The summed E-state index contributed by atoms with van der Waals surface area (Å²) in [5.41, 5.74) is 7.16. The van der Waals surface area contributed by atoms with E-state index in [-0.39, 0.29) is 23.1 Å². The molecule has 1 aliphatic carbocycles. The zero-order valence-corrected chi connectivity index (χ0v) is 16.8. The highest BCUT2D eigenvalue weighted by Crippen LogP contribution is 2.45. The average Bonchev–Trinajstić information content (AvgIpc) is 3.13. The summed E-state index contributed by atoms with van der Waals surface area (Å²) in [6, 6.07) is 13.0. The van der Waals surface area contributed by atoms with Crippen molar-refractivity contribution < 1.29 is 14.3 Å². The van der Waals surface area contributed by atoms with Crippen LogP contribution in [-0.4, -0.2) is 36.1 Å². The highest BCUT2D eigenvalue weighted by molar-refractivity contribution is 6.09. The third-order valence-electron chi connectivity index (χ3n) is 5.75. The number of imidazole rings is 1. The maximum absolute atomic E-state index is 15.0. The van der Waals surface area contributed by atoms with Crippen LogP contribution in [0.25, 0.3) is 16.8 Å². The van der Waals surface area contributed by atoms with Crippen molar-refractivity contribution >= 4 is 17.1 Å². The fraction of sp³-hybridized carbons (Fsp3) is 0.217. The monoisotopic (exact) mass is 417 g/mol. The lowest BCUT2D eigenvalue weighted by molar-refractivity contribution is -0.0337. The van der Waals surface area contributed by atoms with Crippen LogP contribution < -0.4 is 5.73 Å². The van der Waals surface area contributed by atoms with Crippen LogP contribution in [0.2, 0.25) is 0 Å². The van der Waals surface area contributed by atoms with Gasteiger partial charge in [0.15, 0.2) is 11.6 Å². The molecule has 2 heterocycles. The van der Waals surface area contributed by atoms with Gasteiger partial charge in [0.25, 0.3) is 0 Å². The van der Waals surface area contributed by atoms with Crippen molar-refractivity contribution in [3.63, 3.8) is 0 Å². The Morgan fingerprint density at radius 3 is 2.65 bits per heavy atom. The standard InChI is InChI=1S/C23H20FN5O2/c1-23(31)10-15(11-23)22-28-18(19-21(25)26-12-27-29(19)22)14-7-8-16(17(24)9-14)20(30)13-5-3-2-4-6-13/h2-9,12,15,31H,10-11H2,1H3,(H2,25,26,27)/t15-,23-. The number of hydrogen-bond donors (Lipinski definition) is 2. The van der Waals surface area contributed by atoms with Gasteiger partial charge in [0.05, 0.1) is 11.2 Å². The first-order valence-corrected chi connectivity index (χ1v) is 9.95. The topological polar surface area (TPSA) is 106 Å². The molecule has 2 aromatic carbocycles. The van der Waals surface area contributed by atoms with Gasteiger partial charge in [-0.3, -0.25) is 4.79 Å². The van der Waals surface area contributed by atoms with Gasteiger partial charge in [0, 0.05) is 17.0 Å². The zero-order chi connectivity index (χ0) is 21.8. The van der Waals surface area contributed by atoms with Crippen molar-refractivity contribution in [1.29, 1.82) is 0 Å². The molecule has 3 N–H and O–H groups in total. The number of rotatable bonds is 4. The number of ketones is 1. The Hall–Kier alpha value is -3.65. The molecule has 1 fully saturated rings. The van der Waals surface area contributed by atoms with Crippen LogP contribution in [0.15, 0.2) is 54.9 Å². The molecule has 31 heavy (non-hydrogen) atoms. The van der Waals surface area contributed by atoms with Gasteiger partial charge < -0.3 is 10.8 Å². The summed E-state index contributed by atoms with van der Waals surface area (Å²) < 4.78 is 16.6. The molecule has 2 aromatic heterocycles. The predicted octanol–water partition coefficient (Wildman–Crippen LogP) is 3.37. The third-order valence-corrected chi connectivity index (χ3v) is 5.75. The summed E-state index contributed by atoms with van der Waals surface area (Å²) in [5.74, 6) is -0.153. The second-order valence-electron chi connectivity index (χ2n) is 8.22. The smallest absolute Gasteiger partial charge is 0.195 e. The van der Waals surface area contributed by atoms with Crippen molar-refractivity contribution in [3.05, 3.63) is 77.6 Å². The maximum atomic E-state index is 15.0. The lowest BCUT2D eigenvalue weighted by Gasteiger charge is -2.39. The van der Waals surface area contributed by atoms with Gasteiger partial charge in [0.1, 0.15) is 29.2 Å². The van der Waals surface area contributed by atoms with Crippen molar-refractivity contribution in [1.82, 2.24) is 19.6 Å². The van der Waals surface area contributed by atoms with E-state index < -0.39 is 11.4 Å². The first-order valence-electron chi connectivity index (χ1n) is 9.95. The number of halogens is 1. The van der Waals surface area contributed by atoms with Crippen LogP contribution in [-0.2, 0) is 0 Å². The fourth-order valence-corrected chi connectivity index (χ4v) is 4.22. The minimum atomic E-state index is -0.735. The molecule has 0 aliphatic heterocycles. The van der Waals surface area contributed by atoms with Gasteiger partial charge in [-0.05, 0) is 31.9 Å². The van der Waals surface area contributed by atoms with Crippen LogP contribution >= 0.6 is 0 Å². The van der Waals surface area contributed by atoms with E-state index in [2.05, 4.69) is 10.1 Å². The number of carbonyl (C=O) groups excluding carboxylic acids is 1. The second kappa shape index (κ2) is 6.95. The average molecular weight is 417 g/mol. The van der Waals surface area contributed by atoms with Crippen LogP contribution in [0.4, 0.5) is 10.2 Å².